The topological polar surface area (TPSA) is 102 Å². The Hall–Kier alpha value is -3.89. The highest BCUT2D eigenvalue weighted by atomic mass is 35.5. The lowest BCUT2D eigenvalue weighted by atomic mass is 9.93. The van der Waals surface area contributed by atoms with Crippen LogP contribution in [-0.4, -0.2) is 47.2 Å². The number of amides is 3. The molecule has 0 spiro atoms. The fourth-order valence-corrected chi connectivity index (χ4v) is 4.73. The van der Waals surface area contributed by atoms with E-state index in [1.54, 1.807) is 4.90 Å². The number of hydrogen-bond acceptors (Lipinski definition) is 4. The van der Waals surface area contributed by atoms with Crippen molar-refractivity contribution in [2.24, 2.45) is 0 Å². The zero-order valence-electron chi connectivity index (χ0n) is 20.1. The van der Waals surface area contributed by atoms with Crippen molar-refractivity contribution >= 4 is 46.8 Å². The third-order valence-corrected chi connectivity index (χ3v) is 6.59. The Labute approximate surface area is 231 Å². The van der Waals surface area contributed by atoms with Crippen LogP contribution in [0.3, 0.4) is 0 Å². The maximum Gasteiger partial charge on any atom is 0.471 e. The van der Waals surface area contributed by atoms with E-state index in [4.69, 9.17) is 28.6 Å². The van der Waals surface area contributed by atoms with Crippen molar-refractivity contribution in [1.29, 1.82) is 5.41 Å². The lowest BCUT2D eigenvalue weighted by Gasteiger charge is -2.37. The molecule has 0 aromatic heterocycles. The SMILES string of the molecule is N=C(NC(=O)C(F)(F)F)c1ccc(C(=O)NCC2Cc3ccccc3CN2C(=O)c2cc(Cl)cc(Cl)c2)cc1. The van der Waals surface area contributed by atoms with Gasteiger partial charge in [-0.3, -0.25) is 19.8 Å². The zero-order valence-corrected chi connectivity index (χ0v) is 21.6. The number of fused-ring (bicyclic) bond motifs is 1. The summed E-state index contributed by atoms with van der Waals surface area (Å²) in [5.41, 5.74) is 2.53. The number of amidine groups is 1. The van der Waals surface area contributed by atoms with Crippen molar-refractivity contribution in [3.8, 4) is 0 Å². The van der Waals surface area contributed by atoms with Crippen LogP contribution < -0.4 is 10.6 Å². The molecule has 3 aromatic rings. The van der Waals surface area contributed by atoms with Crippen molar-refractivity contribution in [1.82, 2.24) is 15.5 Å². The van der Waals surface area contributed by atoms with Gasteiger partial charge < -0.3 is 15.5 Å². The molecule has 3 amide bonds. The second-order valence-electron chi connectivity index (χ2n) is 8.83. The first-order valence-electron chi connectivity index (χ1n) is 11.6. The summed E-state index contributed by atoms with van der Waals surface area (Å²) in [7, 11) is 0. The summed E-state index contributed by atoms with van der Waals surface area (Å²) in [6, 6.07) is 17.0. The summed E-state index contributed by atoms with van der Waals surface area (Å²) in [6.45, 7) is 0.437. The van der Waals surface area contributed by atoms with Crippen LogP contribution in [-0.2, 0) is 17.8 Å². The van der Waals surface area contributed by atoms with Crippen LogP contribution in [0.5, 0.6) is 0 Å². The molecule has 1 heterocycles. The Kier molecular flexibility index (Phi) is 8.27. The Morgan fingerprint density at radius 1 is 0.897 bits per heavy atom. The summed E-state index contributed by atoms with van der Waals surface area (Å²) >= 11 is 12.2. The minimum Gasteiger partial charge on any atom is -0.350 e. The third-order valence-electron chi connectivity index (χ3n) is 6.16. The number of alkyl halides is 3. The van der Waals surface area contributed by atoms with Gasteiger partial charge in [0.1, 0.15) is 5.84 Å². The molecular weight excluding hydrogens is 556 g/mol. The molecule has 7 nitrogen and oxygen atoms in total. The molecule has 0 saturated carbocycles. The highest BCUT2D eigenvalue weighted by Gasteiger charge is 2.39. The van der Waals surface area contributed by atoms with E-state index in [1.165, 1.54) is 47.8 Å². The molecule has 1 unspecified atom stereocenters. The predicted molar refractivity (Wildman–Crippen MR) is 140 cm³/mol. The van der Waals surface area contributed by atoms with Crippen molar-refractivity contribution in [3.05, 3.63) is 105 Å². The minimum absolute atomic E-state index is 0.00927. The molecule has 0 aliphatic carbocycles. The third kappa shape index (κ3) is 6.76. The van der Waals surface area contributed by atoms with Crippen LogP contribution in [0, 0.1) is 5.41 Å². The van der Waals surface area contributed by atoms with E-state index in [0.29, 0.717) is 28.6 Å². The summed E-state index contributed by atoms with van der Waals surface area (Å²) in [5.74, 6) is -3.79. The molecule has 202 valence electrons. The molecule has 1 aliphatic rings. The fourth-order valence-electron chi connectivity index (χ4n) is 4.21. The van der Waals surface area contributed by atoms with Gasteiger partial charge >= 0.3 is 12.1 Å². The summed E-state index contributed by atoms with van der Waals surface area (Å²) in [5, 5.41) is 12.6. The molecule has 39 heavy (non-hydrogen) atoms. The Balaban J connectivity index is 1.47. The van der Waals surface area contributed by atoms with Crippen molar-refractivity contribution in [3.63, 3.8) is 0 Å². The van der Waals surface area contributed by atoms with E-state index in [1.807, 2.05) is 24.3 Å². The number of halogens is 5. The summed E-state index contributed by atoms with van der Waals surface area (Å²) in [6.07, 6.45) is -4.63. The number of nitrogens with one attached hydrogen (secondary N) is 3. The number of benzene rings is 3. The maximum absolute atomic E-state index is 13.5. The van der Waals surface area contributed by atoms with Gasteiger partial charge in [-0.1, -0.05) is 59.6 Å². The number of carbonyl (C=O) groups excluding carboxylic acids is 3. The van der Waals surface area contributed by atoms with E-state index in [-0.39, 0.29) is 29.6 Å². The lowest BCUT2D eigenvalue weighted by Crippen LogP contribution is -2.50. The van der Waals surface area contributed by atoms with Crippen LogP contribution in [0.15, 0.2) is 66.7 Å². The van der Waals surface area contributed by atoms with Gasteiger partial charge in [0.25, 0.3) is 11.8 Å². The summed E-state index contributed by atoms with van der Waals surface area (Å²) < 4.78 is 37.3. The molecule has 0 bridgehead atoms. The van der Waals surface area contributed by atoms with E-state index < -0.39 is 23.8 Å². The molecule has 12 heteroatoms. The first kappa shape index (κ1) is 28.1. The van der Waals surface area contributed by atoms with Gasteiger partial charge in [0.15, 0.2) is 0 Å². The Morgan fingerprint density at radius 3 is 2.10 bits per heavy atom. The number of nitrogens with zero attached hydrogens (tertiary/aromatic N) is 1. The zero-order chi connectivity index (χ0) is 28.3. The van der Waals surface area contributed by atoms with E-state index in [0.717, 1.165) is 11.1 Å². The predicted octanol–water partition coefficient (Wildman–Crippen LogP) is 4.99. The largest absolute Gasteiger partial charge is 0.471 e. The second-order valence-corrected chi connectivity index (χ2v) is 9.70. The highest BCUT2D eigenvalue weighted by molar-refractivity contribution is 6.35. The smallest absolute Gasteiger partial charge is 0.350 e. The first-order valence-corrected chi connectivity index (χ1v) is 12.4. The van der Waals surface area contributed by atoms with Crippen molar-refractivity contribution in [2.45, 2.75) is 25.2 Å². The molecule has 3 aromatic carbocycles. The highest BCUT2D eigenvalue weighted by Crippen LogP contribution is 2.27. The van der Waals surface area contributed by atoms with Crippen LogP contribution in [0.4, 0.5) is 13.2 Å². The van der Waals surface area contributed by atoms with Gasteiger partial charge in [0.2, 0.25) is 0 Å². The fraction of sp³-hybridized carbons (Fsp3) is 0.185. The second kappa shape index (κ2) is 11.5. The molecule has 0 saturated heterocycles. The van der Waals surface area contributed by atoms with Crippen LogP contribution in [0.1, 0.15) is 37.4 Å². The van der Waals surface area contributed by atoms with Crippen LogP contribution >= 0.6 is 23.2 Å². The molecule has 0 fully saturated rings. The van der Waals surface area contributed by atoms with Crippen molar-refractivity contribution in [2.75, 3.05) is 6.54 Å². The number of hydrogen-bond donors (Lipinski definition) is 3. The standard InChI is InChI=1S/C27H21Cl2F3N4O3/c28-20-9-19(10-21(29)12-20)25(38)36-14-18-4-2-1-3-17(18)11-22(36)13-34-24(37)16-7-5-15(6-8-16)23(33)35-26(39)27(30,31)32/h1-10,12,22H,11,13-14H2,(H,34,37)(H2,33,35,39). The normalized spacial score (nSPS) is 14.8. The number of rotatable bonds is 5. The Bertz CT molecular complexity index is 1420. The molecule has 4 rings (SSSR count). The van der Waals surface area contributed by atoms with Gasteiger partial charge in [-0.15, -0.1) is 0 Å². The van der Waals surface area contributed by atoms with E-state index in [2.05, 4.69) is 5.32 Å². The van der Waals surface area contributed by atoms with Gasteiger partial charge in [0, 0.05) is 39.8 Å². The maximum atomic E-state index is 13.5. The quantitative estimate of drug-likeness (QED) is 0.294. The van der Waals surface area contributed by atoms with Crippen molar-refractivity contribution < 1.29 is 27.6 Å². The monoisotopic (exact) mass is 576 g/mol. The minimum atomic E-state index is -5.12. The molecule has 1 atom stereocenters. The Morgan fingerprint density at radius 2 is 1.49 bits per heavy atom. The number of carbonyl (C=O) groups is 3. The van der Waals surface area contributed by atoms with Crippen LogP contribution in [0.2, 0.25) is 10.0 Å². The van der Waals surface area contributed by atoms with Gasteiger partial charge in [-0.05, 0) is 47.9 Å². The van der Waals surface area contributed by atoms with Gasteiger partial charge in [-0.25, -0.2) is 0 Å². The lowest BCUT2D eigenvalue weighted by molar-refractivity contribution is -0.171. The molecule has 1 aliphatic heterocycles. The van der Waals surface area contributed by atoms with Gasteiger partial charge in [-0.2, -0.15) is 13.2 Å². The average molecular weight is 577 g/mol. The molecule has 3 N–H and O–H groups in total. The van der Waals surface area contributed by atoms with Gasteiger partial charge in [0.05, 0.1) is 6.04 Å². The first-order chi connectivity index (χ1) is 18.4. The average Bonchev–Trinajstić information content (AvgIpc) is 2.89. The van der Waals surface area contributed by atoms with Crippen LogP contribution in [0.25, 0.3) is 0 Å². The summed E-state index contributed by atoms with van der Waals surface area (Å²) in [4.78, 5) is 39.0. The van der Waals surface area contributed by atoms with E-state index in [9.17, 15) is 27.6 Å². The molecular formula is C27H21Cl2F3N4O3. The molecule has 0 radical (unpaired) electrons. The van der Waals surface area contributed by atoms with E-state index >= 15 is 0 Å².